The quantitative estimate of drug-likeness (QED) is 0.481. The normalized spacial score (nSPS) is 15.8. The maximum Gasteiger partial charge on any atom is 0.308 e. The first-order chi connectivity index (χ1) is 12.0. The SMILES string of the molecule is COC(=O)C1CCN(C(=NCC(=O)N(C)C)NCc2cccs2)CC1. The highest BCUT2D eigenvalue weighted by molar-refractivity contribution is 7.09. The summed E-state index contributed by atoms with van der Waals surface area (Å²) in [4.78, 5) is 32.9. The van der Waals surface area contributed by atoms with Crippen LogP contribution in [0.1, 0.15) is 17.7 Å². The van der Waals surface area contributed by atoms with Crippen molar-refractivity contribution < 1.29 is 14.3 Å². The van der Waals surface area contributed by atoms with E-state index in [1.54, 1.807) is 25.4 Å². The number of aliphatic imine (C=N–C) groups is 1. The molecule has 1 saturated heterocycles. The summed E-state index contributed by atoms with van der Waals surface area (Å²) in [6.07, 6.45) is 1.46. The third-order valence-electron chi connectivity index (χ3n) is 4.19. The molecule has 0 atom stereocenters. The number of piperidine rings is 1. The minimum Gasteiger partial charge on any atom is -0.469 e. The van der Waals surface area contributed by atoms with E-state index in [9.17, 15) is 9.59 Å². The molecule has 8 heteroatoms. The topological polar surface area (TPSA) is 74.2 Å². The molecule has 0 aromatic carbocycles. The molecular weight excluding hydrogens is 340 g/mol. The Morgan fingerprint density at radius 1 is 1.40 bits per heavy atom. The fourth-order valence-electron chi connectivity index (χ4n) is 2.62. The van der Waals surface area contributed by atoms with Gasteiger partial charge in [-0.1, -0.05) is 6.07 Å². The molecular formula is C17H26N4O3S. The van der Waals surface area contributed by atoms with Gasteiger partial charge in [0.25, 0.3) is 0 Å². The number of amides is 1. The van der Waals surface area contributed by atoms with Gasteiger partial charge < -0.3 is 19.9 Å². The number of esters is 1. The molecule has 0 radical (unpaired) electrons. The Labute approximate surface area is 152 Å². The lowest BCUT2D eigenvalue weighted by Crippen LogP contribution is -2.46. The van der Waals surface area contributed by atoms with Crippen LogP contribution in [0.2, 0.25) is 0 Å². The van der Waals surface area contributed by atoms with Crippen molar-refractivity contribution in [1.29, 1.82) is 0 Å². The summed E-state index contributed by atoms with van der Waals surface area (Å²) >= 11 is 1.68. The summed E-state index contributed by atoms with van der Waals surface area (Å²) < 4.78 is 4.84. The molecule has 0 spiro atoms. The average molecular weight is 366 g/mol. The van der Waals surface area contributed by atoms with Gasteiger partial charge in [-0.3, -0.25) is 9.59 Å². The van der Waals surface area contributed by atoms with Crippen LogP contribution in [-0.2, 0) is 20.9 Å². The summed E-state index contributed by atoms with van der Waals surface area (Å²) in [5.41, 5.74) is 0. The van der Waals surface area contributed by atoms with Gasteiger partial charge in [0.1, 0.15) is 6.54 Å². The molecule has 1 aliphatic heterocycles. The van der Waals surface area contributed by atoms with Crippen molar-refractivity contribution in [2.45, 2.75) is 19.4 Å². The van der Waals surface area contributed by atoms with E-state index in [4.69, 9.17) is 4.74 Å². The van der Waals surface area contributed by atoms with Crippen LogP contribution in [0.25, 0.3) is 0 Å². The zero-order chi connectivity index (χ0) is 18.2. The second kappa shape index (κ2) is 9.41. The van der Waals surface area contributed by atoms with Crippen molar-refractivity contribution in [2.24, 2.45) is 10.9 Å². The summed E-state index contributed by atoms with van der Waals surface area (Å²) in [5.74, 6) is 0.474. The molecule has 1 aromatic heterocycles. The Kier molecular flexibility index (Phi) is 7.24. The molecule has 1 fully saturated rings. The molecule has 0 saturated carbocycles. The van der Waals surface area contributed by atoms with Crippen LogP contribution < -0.4 is 5.32 Å². The molecule has 0 unspecified atom stereocenters. The van der Waals surface area contributed by atoms with E-state index >= 15 is 0 Å². The third kappa shape index (κ3) is 5.74. The molecule has 1 N–H and O–H groups in total. The Balaban J connectivity index is 1.99. The number of carbonyl (C=O) groups is 2. The third-order valence-corrected chi connectivity index (χ3v) is 5.07. The van der Waals surface area contributed by atoms with Gasteiger partial charge in [-0.05, 0) is 24.3 Å². The van der Waals surface area contributed by atoms with Crippen LogP contribution in [0.5, 0.6) is 0 Å². The fourth-order valence-corrected chi connectivity index (χ4v) is 3.27. The lowest BCUT2D eigenvalue weighted by Gasteiger charge is -2.33. The van der Waals surface area contributed by atoms with E-state index in [2.05, 4.69) is 21.3 Å². The van der Waals surface area contributed by atoms with Gasteiger partial charge in [0, 0.05) is 32.1 Å². The van der Waals surface area contributed by atoms with Gasteiger partial charge >= 0.3 is 5.97 Å². The van der Waals surface area contributed by atoms with E-state index in [0.29, 0.717) is 25.6 Å². The summed E-state index contributed by atoms with van der Waals surface area (Å²) in [7, 11) is 4.87. The van der Waals surface area contributed by atoms with Gasteiger partial charge in [-0.2, -0.15) is 0 Å². The number of likely N-dealkylation sites (tertiary alicyclic amines) is 1. The predicted octanol–water partition coefficient (Wildman–Crippen LogP) is 1.17. The maximum absolute atomic E-state index is 11.9. The summed E-state index contributed by atoms with van der Waals surface area (Å²) in [6.45, 7) is 2.21. The number of likely N-dealkylation sites (N-methyl/N-ethyl adjacent to an activating group) is 1. The number of thiophene rings is 1. The molecule has 138 valence electrons. The lowest BCUT2D eigenvalue weighted by atomic mass is 9.97. The minimum atomic E-state index is -0.146. The highest BCUT2D eigenvalue weighted by Crippen LogP contribution is 2.18. The molecule has 0 bridgehead atoms. The number of methoxy groups -OCH3 is 1. The number of nitrogens with one attached hydrogen (secondary N) is 1. The number of carbonyl (C=O) groups excluding carboxylic acids is 2. The minimum absolute atomic E-state index is 0.0418. The van der Waals surface area contributed by atoms with Crippen molar-refractivity contribution in [1.82, 2.24) is 15.1 Å². The van der Waals surface area contributed by atoms with Crippen LogP contribution in [-0.4, -0.2) is 68.5 Å². The van der Waals surface area contributed by atoms with Gasteiger partial charge in [0.15, 0.2) is 5.96 Å². The van der Waals surface area contributed by atoms with Crippen LogP contribution in [0.4, 0.5) is 0 Å². The van der Waals surface area contributed by atoms with Gasteiger partial charge in [0.2, 0.25) is 5.91 Å². The van der Waals surface area contributed by atoms with Crippen LogP contribution in [0, 0.1) is 5.92 Å². The summed E-state index contributed by atoms with van der Waals surface area (Å²) in [6, 6.07) is 4.07. The lowest BCUT2D eigenvalue weighted by molar-refractivity contribution is -0.146. The summed E-state index contributed by atoms with van der Waals surface area (Å²) in [5, 5.41) is 5.38. The average Bonchev–Trinajstić information content (AvgIpc) is 3.14. The second-order valence-electron chi connectivity index (χ2n) is 6.15. The van der Waals surface area contributed by atoms with Crippen LogP contribution in [0.3, 0.4) is 0 Å². The molecule has 1 aliphatic rings. The predicted molar refractivity (Wildman–Crippen MR) is 98.5 cm³/mol. The van der Waals surface area contributed by atoms with Crippen molar-refractivity contribution in [3.63, 3.8) is 0 Å². The largest absolute Gasteiger partial charge is 0.469 e. The second-order valence-corrected chi connectivity index (χ2v) is 7.18. The van der Waals surface area contributed by atoms with Crippen molar-refractivity contribution in [2.75, 3.05) is 40.8 Å². The number of rotatable bonds is 5. The van der Waals surface area contributed by atoms with Gasteiger partial charge in [-0.15, -0.1) is 11.3 Å². The molecule has 25 heavy (non-hydrogen) atoms. The van der Waals surface area contributed by atoms with Gasteiger partial charge in [-0.25, -0.2) is 4.99 Å². The molecule has 1 amide bonds. The zero-order valence-electron chi connectivity index (χ0n) is 15.0. The van der Waals surface area contributed by atoms with E-state index in [1.165, 1.54) is 16.9 Å². The Bertz CT molecular complexity index is 593. The number of hydrogen-bond acceptors (Lipinski definition) is 5. The van der Waals surface area contributed by atoms with Crippen LogP contribution >= 0.6 is 11.3 Å². The van der Waals surface area contributed by atoms with Crippen molar-refractivity contribution in [3.05, 3.63) is 22.4 Å². The van der Waals surface area contributed by atoms with E-state index < -0.39 is 0 Å². The smallest absolute Gasteiger partial charge is 0.308 e. The first-order valence-corrected chi connectivity index (χ1v) is 9.23. The molecule has 2 rings (SSSR count). The maximum atomic E-state index is 11.9. The Morgan fingerprint density at radius 3 is 2.68 bits per heavy atom. The van der Waals surface area contributed by atoms with E-state index in [0.717, 1.165) is 12.8 Å². The number of hydrogen-bond donors (Lipinski definition) is 1. The fraction of sp³-hybridized carbons (Fsp3) is 0.588. The molecule has 0 aliphatic carbocycles. The number of ether oxygens (including phenoxy) is 1. The van der Waals surface area contributed by atoms with Crippen molar-refractivity contribution in [3.8, 4) is 0 Å². The van der Waals surface area contributed by atoms with E-state index in [1.807, 2.05) is 11.4 Å². The molecule has 2 heterocycles. The number of nitrogens with zero attached hydrogens (tertiary/aromatic N) is 3. The first kappa shape index (κ1) is 19.2. The standard InChI is InChI=1S/C17H26N4O3S/c1-20(2)15(22)12-19-17(18-11-14-5-4-10-25-14)21-8-6-13(7-9-21)16(23)24-3/h4-5,10,13H,6-9,11-12H2,1-3H3,(H,18,19). The highest BCUT2D eigenvalue weighted by Gasteiger charge is 2.27. The van der Waals surface area contributed by atoms with Crippen LogP contribution in [0.15, 0.2) is 22.5 Å². The highest BCUT2D eigenvalue weighted by atomic mass is 32.1. The first-order valence-electron chi connectivity index (χ1n) is 8.35. The van der Waals surface area contributed by atoms with Crippen molar-refractivity contribution >= 4 is 29.2 Å². The Hall–Kier alpha value is -2.09. The zero-order valence-corrected chi connectivity index (χ0v) is 15.8. The Morgan fingerprint density at radius 2 is 2.12 bits per heavy atom. The molecule has 7 nitrogen and oxygen atoms in total. The molecule has 1 aromatic rings. The number of guanidine groups is 1. The van der Waals surface area contributed by atoms with Gasteiger partial charge in [0.05, 0.1) is 19.6 Å². The van der Waals surface area contributed by atoms with E-state index in [-0.39, 0.29) is 24.3 Å². The monoisotopic (exact) mass is 366 g/mol.